The number of nitroso groups, excluding NO2 is 1. The molecule has 28 heavy (non-hydrogen) atoms. The molecular weight excluding hydrogens is 365 g/mol. The Morgan fingerprint density at radius 2 is 2.25 bits per heavy atom. The van der Waals surface area contributed by atoms with Crippen LogP contribution in [-0.2, 0) is 11.2 Å². The Labute approximate surface area is 160 Å². The molecule has 1 saturated heterocycles. The summed E-state index contributed by atoms with van der Waals surface area (Å²) in [4.78, 5) is 39.6. The molecule has 1 aromatic carbocycles. The lowest BCUT2D eigenvalue weighted by molar-refractivity contribution is -0.608. The summed E-state index contributed by atoms with van der Waals surface area (Å²) in [5, 5.41) is 15.1. The molecule has 3 unspecified atom stereocenters. The summed E-state index contributed by atoms with van der Waals surface area (Å²) in [6, 6.07) is 5.57. The number of pyridine rings is 1. The average molecular weight is 386 g/mol. The Morgan fingerprint density at radius 1 is 1.50 bits per heavy atom. The van der Waals surface area contributed by atoms with Crippen molar-refractivity contribution in [3.05, 3.63) is 50.4 Å². The fourth-order valence-electron chi connectivity index (χ4n) is 3.50. The van der Waals surface area contributed by atoms with Crippen molar-refractivity contribution in [2.45, 2.75) is 32.5 Å². The largest absolute Gasteiger partial charge is 0.345 e. The number of rotatable bonds is 4. The van der Waals surface area contributed by atoms with Crippen LogP contribution in [0.3, 0.4) is 0 Å². The predicted molar refractivity (Wildman–Crippen MR) is 100.0 cm³/mol. The van der Waals surface area contributed by atoms with Crippen LogP contribution in [0.2, 0.25) is 0 Å². The number of amides is 1. The van der Waals surface area contributed by atoms with Crippen molar-refractivity contribution in [1.29, 1.82) is 5.26 Å². The van der Waals surface area contributed by atoms with E-state index < -0.39 is 35.4 Å². The number of fused-ring (bicyclic) bond motifs is 1. The van der Waals surface area contributed by atoms with Crippen LogP contribution in [0.15, 0.2) is 23.0 Å². The van der Waals surface area contributed by atoms with E-state index in [0.29, 0.717) is 23.0 Å². The highest BCUT2D eigenvalue weighted by molar-refractivity contribution is 5.85. The third-order valence-electron chi connectivity index (χ3n) is 5.03. The van der Waals surface area contributed by atoms with Gasteiger partial charge in [0.25, 0.3) is 11.7 Å². The van der Waals surface area contributed by atoms with E-state index in [0.717, 1.165) is 4.76 Å². The molecular formula is C19H21FN5O3+. The topological polar surface area (TPSA) is 118 Å². The molecule has 3 rings (SSSR count). The fraction of sp³-hybridized carbons (Fsp3) is 0.421. The van der Waals surface area contributed by atoms with Gasteiger partial charge in [0.1, 0.15) is 17.8 Å². The number of benzene rings is 1. The summed E-state index contributed by atoms with van der Waals surface area (Å²) in [6.45, 7) is 3.80. The van der Waals surface area contributed by atoms with E-state index in [4.69, 9.17) is 5.26 Å². The third-order valence-corrected chi connectivity index (χ3v) is 5.03. The minimum absolute atomic E-state index is 0.0728. The van der Waals surface area contributed by atoms with Crippen molar-refractivity contribution in [2.75, 3.05) is 13.1 Å². The summed E-state index contributed by atoms with van der Waals surface area (Å²) in [7, 11) is 0. The van der Waals surface area contributed by atoms with Crippen LogP contribution < -0.4 is 16.2 Å². The Kier molecular flexibility index (Phi) is 5.51. The molecule has 1 aromatic heterocycles. The van der Waals surface area contributed by atoms with E-state index in [9.17, 15) is 18.9 Å². The van der Waals surface area contributed by atoms with Crippen LogP contribution in [0, 0.1) is 34.9 Å². The second-order valence-electron chi connectivity index (χ2n) is 7.06. The maximum atomic E-state index is 13.5. The number of carbonyl (C=O) groups excluding carboxylic acids is 1. The zero-order chi connectivity index (χ0) is 20.4. The average Bonchev–Trinajstić information content (AvgIpc) is 2.65. The van der Waals surface area contributed by atoms with Crippen LogP contribution >= 0.6 is 0 Å². The zero-order valence-electron chi connectivity index (χ0n) is 15.6. The number of halogens is 1. The van der Waals surface area contributed by atoms with Crippen molar-refractivity contribution < 1.29 is 13.9 Å². The number of hydrogen-bond acceptors (Lipinski definition) is 5. The van der Waals surface area contributed by atoms with Crippen molar-refractivity contribution in [2.24, 2.45) is 5.92 Å². The molecule has 3 atom stereocenters. The molecule has 0 radical (unpaired) electrons. The third kappa shape index (κ3) is 3.92. The van der Waals surface area contributed by atoms with E-state index in [1.54, 1.807) is 13.8 Å². The first-order valence-electron chi connectivity index (χ1n) is 8.97. The summed E-state index contributed by atoms with van der Waals surface area (Å²) < 4.78 is 14.3. The molecule has 1 aliphatic rings. The second kappa shape index (κ2) is 7.86. The van der Waals surface area contributed by atoms with Crippen molar-refractivity contribution in [3.8, 4) is 6.07 Å². The lowest BCUT2D eigenvalue weighted by Crippen LogP contribution is -2.59. The Balaban J connectivity index is 1.74. The van der Waals surface area contributed by atoms with E-state index >= 15 is 0 Å². The van der Waals surface area contributed by atoms with Gasteiger partial charge in [-0.05, 0) is 37.6 Å². The Hall–Kier alpha value is -3.12. The quantitative estimate of drug-likeness (QED) is 0.674. The van der Waals surface area contributed by atoms with E-state index in [1.165, 1.54) is 18.2 Å². The maximum absolute atomic E-state index is 13.5. The van der Waals surface area contributed by atoms with Gasteiger partial charge in [-0.2, -0.15) is 5.26 Å². The van der Waals surface area contributed by atoms with Crippen LogP contribution in [0.1, 0.15) is 18.1 Å². The van der Waals surface area contributed by atoms with Gasteiger partial charge in [-0.25, -0.2) is 4.39 Å². The monoisotopic (exact) mass is 386 g/mol. The highest BCUT2D eigenvalue weighted by atomic mass is 19.1. The molecule has 146 valence electrons. The lowest BCUT2D eigenvalue weighted by Gasteiger charge is -2.24. The molecule has 2 aromatic rings. The standard InChI is InChI=1S/C19H20FN5O3/c1-10-14-5-13(20)3-4-16(14)24-19(27)15(10)6-17(26)23-11(2)18-22-8-12(7-21)9-25(18)28/h3-5,11-12,18,22H,6,8-9H2,1-2H3,(H-,23,24,26,27)/p+1. The van der Waals surface area contributed by atoms with Crippen molar-refractivity contribution in [3.63, 3.8) is 0 Å². The second-order valence-corrected chi connectivity index (χ2v) is 7.06. The van der Waals surface area contributed by atoms with Gasteiger partial charge in [-0.3, -0.25) is 14.9 Å². The molecule has 0 spiro atoms. The lowest BCUT2D eigenvalue weighted by atomic mass is 10.0. The molecule has 1 fully saturated rings. The predicted octanol–water partition coefficient (Wildman–Crippen LogP) is 0.871. The summed E-state index contributed by atoms with van der Waals surface area (Å²) >= 11 is 0. The number of nitrogens with one attached hydrogen (secondary N) is 3. The van der Waals surface area contributed by atoms with Gasteiger partial charge in [-0.1, -0.05) is 0 Å². The van der Waals surface area contributed by atoms with Gasteiger partial charge < -0.3 is 10.3 Å². The van der Waals surface area contributed by atoms with Crippen LogP contribution in [0.25, 0.3) is 10.9 Å². The van der Waals surface area contributed by atoms with E-state index in [2.05, 4.69) is 15.6 Å². The molecule has 0 bridgehead atoms. The zero-order valence-corrected chi connectivity index (χ0v) is 15.6. The first-order chi connectivity index (χ1) is 13.3. The van der Waals surface area contributed by atoms with Crippen LogP contribution in [0.4, 0.5) is 4.39 Å². The number of aromatic nitrogens is 1. The van der Waals surface area contributed by atoms with Gasteiger partial charge in [0.15, 0.2) is 0 Å². The molecule has 1 amide bonds. The van der Waals surface area contributed by atoms with Crippen molar-refractivity contribution in [1.82, 2.24) is 15.6 Å². The molecule has 3 N–H and O–H groups in total. The molecule has 8 nitrogen and oxygen atoms in total. The number of H-pyrrole nitrogens is 1. The molecule has 2 heterocycles. The highest BCUT2D eigenvalue weighted by Crippen LogP contribution is 2.19. The maximum Gasteiger partial charge on any atom is 0.274 e. The normalized spacial score (nSPS) is 20.6. The number of aromatic amines is 1. The fourth-order valence-corrected chi connectivity index (χ4v) is 3.50. The van der Waals surface area contributed by atoms with Gasteiger partial charge in [-0.15, -0.1) is 0 Å². The van der Waals surface area contributed by atoms with E-state index in [1.807, 2.05) is 6.07 Å². The first-order valence-corrected chi connectivity index (χ1v) is 8.97. The van der Waals surface area contributed by atoms with Crippen LogP contribution in [-0.4, -0.2) is 40.9 Å². The number of carbonyl (C=O) groups is 1. The molecule has 9 heteroatoms. The highest BCUT2D eigenvalue weighted by Gasteiger charge is 2.39. The first kappa shape index (κ1) is 19.6. The minimum Gasteiger partial charge on any atom is -0.345 e. The smallest absolute Gasteiger partial charge is 0.274 e. The van der Waals surface area contributed by atoms with Gasteiger partial charge in [0.05, 0.1) is 12.5 Å². The van der Waals surface area contributed by atoms with Gasteiger partial charge in [0.2, 0.25) is 12.5 Å². The number of nitriles is 1. The van der Waals surface area contributed by atoms with Gasteiger partial charge >= 0.3 is 0 Å². The Morgan fingerprint density at radius 3 is 2.93 bits per heavy atom. The molecule has 0 aliphatic carbocycles. The Bertz CT molecular complexity index is 1040. The number of aryl methyl sites for hydroxylation is 1. The number of nitrogens with zero attached hydrogens (tertiary/aromatic N) is 2. The van der Waals surface area contributed by atoms with E-state index in [-0.39, 0.29) is 18.5 Å². The summed E-state index contributed by atoms with van der Waals surface area (Å²) in [5.74, 6) is -1.24. The summed E-state index contributed by atoms with van der Waals surface area (Å²) in [6.07, 6.45) is -0.844. The minimum atomic E-state index is -0.654. The van der Waals surface area contributed by atoms with Gasteiger partial charge in [0, 0.05) is 32.7 Å². The number of hydrogen-bond donors (Lipinski definition) is 3. The molecule has 1 aliphatic heterocycles. The molecule has 0 saturated carbocycles. The van der Waals surface area contributed by atoms with Crippen molar-refractivity contribution >= 4 is 16.8 Å². The van der Waals surface area contributed by atoms with Crippen LogP contribution in [0.5, 0.6) is 0 Å². The SMILES string of the molecule is Cc1c(CC(=O)NC(C)C2NCC(C#N)C[N+]2=O)c(=O)[nH]c2ccc(F)cc12. The summed E-state index contributed by atoms with van der Waals surface area (Å²) in [5.41, 5.74) is 0.890.